The first kappa shape index (κ1) is 12.5. The molecule has 3 aromatic rings. The van der Waals surface area contributed by atoms with Crippen molar-refractivity contribution < 1.29 is 14.6 Å². The van der Waals surface area contributed by atoms with Crippen molar-refractivity contribution in [2.75, 3.05) is 7.11 Å². The van der Waals surface area contributed by atoms with E-state index in [1.165, 1.54) is 0 Å². The molecule has 0 saturated heterocycles. The van der Waals surface area contributed by atoms with Crippen LogP contribution in [-0.2, 0) is 6.61 Å². The molecule has 5 nitrogen and oxygen atoms in total. The molecule has 0 fully saturated rings. The molecule has 2 aromatic heterocycles. The Morgan fingerprint density at radius 3 is 2.60 bits per heavy atom. The number of methoxy groups -OCH3 is 1. The highest BCUT2D eigenvalue weighted by atomic mass is 16.5. The van der Waals surface area contributed by atoms with Gasteiger partial charge in [-0.2, -0.15) is 4.98 Å². The summed E-state index contributed by atoms with van der Waals surface area (Å²) in [6.07, 6.45) is 1.84. The standard InChI is InChI=1S/C15H14N2O3/c1-19-12-6-2-3-7-13(12)20-15-11(10-18)17-9-5-4-8-14(17)16-15/h2-9,18H,10H2,1H3. The predicted octanol–water partition coefficient (Wildman–Crippen LogP) is 2.63. The Bertz CT molecular complexity index is 737. The number of aliphatic hydroxyl groups is 1. The van der Waals surface area contributed by atoms with Crippen molar-refractivity contribution in [3.8, 4) is 17.4 Å². The third-order valence-electron chi connectivity index (χ3n) is 3.02. The third kappa shape index (κ3) is 2.08. The summed E-state index contributed by atoms with van der Waals surface area (Å²) in [5, 5.41) is 9.54. The predicted molar refractivity (Wildman–Crippen MR) is 74.2 cm³/mol. The number of benzene rings is 1. The summed E-state index contributed by atoms with van der Waals surface area (Å²) in [6, 6.07) is 12.9. The molecule has 0 spiro atoms. The Hall–Kier alpha value is -2.53. The van der Waals surface area contributed by atoms with Gasteiger partial charge in [-0.25, -0.2) is 0 Å². The van der Waals surface area contributed by atoms with Crippen LogP contribution < -0.4 is 9.47 Å². The quantitative estimate of drug-likeness (QED) is 0.791. The van der Waals surface area contributed by atoms with Gasteiger partial charge in [0.25, 0.3) is 0 Å². The molecule has 5 heteroatoms. The van der Waals surface area contributed by atoms with E-state index in [0.717, 1.165) is 5.65 Å². The normalized spacial score (nSPS) is 10.7. The van der Waals surface area contributed by atoms with E-state index in [-0.39, 0.29) is 6.61 Å². The number of hydrogen-bond acceptors (Lipinski definition) is 4. The molecule has 2 heterocycles. The first-order chi connectivity index (χ1) is 9.83. The Morgan fingerprint density at radius 2 is 1.85 bits per heavy atom. The maximum Gasteiger partial charge on any atom is 0.244 e. The monoisotopic (exact) mass is 270 g/mol. The number of aromatic nitrogens is 2. The zero-order chi connectivity index (χ0) is 13.9. The molecule has 1 N–H and O–H groups in total. The van der Waals surface area contributed by atoms with Crippen LogP contribution in [0.25, 0.3) is 5.65 Å². The Labute approximate surface area is 116 Å². The molecule has 0 radical (unpaired) electrons. The number of fused-ring (bicyclic) bond motifs is 1. The van der Waals surface area contributed by atoms with Gasteiger partial charge in [-0.1, -0.05) is 18.2 Å². The first-order valence-corrected chi connectivity index (χ1v) is 6.21. The molecule has 0 aliphatic rings. The van der Waals surface area contributed by atoms with E-state index >= 15 is 0 Å². The van der Waals surface area contributed by atoms with E-state index in [1.807, 2.05) is 42.6 Å². The highest BCUT2D eigenvalue weighted by molar-refractivity contribution is 5.48. The van der Waals surface area contributed by atoms with Gasteiger partial charge in [0.05, 0.1) is 13.7 Å². The summed E-state index contributed by atoms with van der Waals surface area (Å²) < 4.78 is 12.8. The lowest BCUT2D eigenvalue weighted by atomic mass is 10.3. The minimum atomic E-state index is -0.157. The number of imidazole rings is 1. The lowest BCUT2D eigenvalue weighted by molar-refractivity contribution is 0.269. The SMILES string of the molecule is COc1ccccc1Oc1nc2ccccn2c1CO. The largest absolute Gasteiger partial charge is 0.493 e. The smallest absolute Gasteiger partial charge is 0.244 e. The zero-order valence-electron chi connectivity index (χ0n) is 11.0. The summed E-state index contributed by atoms with van der Waals surface area (Å²) in [5.41, 5.74) is 1.33. The number of rotatable bonds is 4. The fourth-order valence-corrected chi connectivity index (χ4v) is 2.06. The van der Waals surface area contributed by atoms with Gasteiger partial charge in [-0.15, -0.1) is 0 Å². The van der Waals surface area contributed by atoms with Crippen molar-refractivity contribution in [1.82, 2.24) is 9.38 Å². The number of pyridine rings is 1. The fourth-order valence-electron chi connectivity index (χ4n) is 2.06. The molecular weight excluding hydrogens is 256 g/mol. The Morgan fingerprint density at radius 1 is 1.10 bits per heavy atom. The topological polar surface area (TPSA) is 56.0 Å². The number of aliphatic hydroxyl groups excluding tert-OH is 1. The third-order valence-corrected chi connectivity index (χ3v) is 3.02. The maximum atomic E-state index is 9.54. The van der Waals surface area contributed by atoms with E-state index in [9.17, 15) is 5.11 Å². The molecule has 0 aliphatic carbocycles. The highest BCUT2D eigenvalue weighted by Gasteiger charge is 2.14. The molecule has 0 saturated carbocycles. The highest BCUT2D eigenvalue weighted by Crippen LogP contribution is 2.32. The van der Waals surface area contributed by atoms with Gasteiger partial charge in [0.1, 0.15) is 11.3 Å². The average Bonchev–Trinajstić information content (AvgIpc) is 2.85. The van der Waals surface area contributed by atoms with Crippen LogP contribution in [0.4, 0.5) is 0 Å². The van der Waals surface area contributed by atoms with E-state index in [4.69, 9.17) is 9.47 Å². The van der Waals surface area contributed by atoms with E-state index < -0.39 is 0 Å². The molecule has 0 atom stereocenters. The molecule has 1 aromatic carbocycles. The van der Waals surface area contributed by atoms with E-state index in [2.05, 4.69) is 4.98 Å². The van der Waals surface area contributed by atoms with Crippen molar-refractivity contribution in [2.24, 2.45) is 0 Å². The molecule has 0 bridgehead atoms. The van der Waals surface area contributed by atoms with Gasteiger partial charge in [-0.3, -0.25) is 4.40 Å². The van der Waals surface area contributed by atoms with Gasteiger partial charge in [-0.05, 0) is 24.3 Å². The molecule has 3 rings (SSSR count). The van der Waals surface area contributed by atoms with E-state index in [0.29, 0.717) is 23.1 Å². The van der Waals surface area contributed by atoms with Crippen LogP contribution in [0.3, 0.4) is 0 Å². The van der Waals surface area contributed by atoms with Crippen molar-refractivity contribution in [3.63, 3.8) is 0 Å². The van der Waals surface area contributed by atoms with Crippen LogP contribution in [0.15, 0.2) is 48.7 Å². The van der Waals surface area contributed by atoms with Crippen molar-refractivity contribution in [2.45, 2.75) is 6.61 Å². The number of hydrogen-bond donors (Lipinski definition) is 1. The second kappa shape index (κ2) is 5.22. The average molecular weight is 270 g/mol. The number of nitrogens with zero attached hydrogens (tertiary/aromatic N) is 2. The van der Waals surface area contributed by atoms with Crippen molar-refractivity contribution in [1.29, 1.82) is 0 Å². The lowest BCUT2D eigenvalue weighted by Gasteiger charge is -2.08. The first-order valence-electron chi connectivity index (χ1n) is 6.21. The van der Waals surface area contributed by atoms with Crippen molar-refractivity contribution >= 4 is 5.65 Å². The van der Waals surface area contributed by atoms with Gasteiger partial charge in [0.15, 0.2) is 11.5 Å². The summed E-state index contributed by atoms with van der Waals surface area (Å²) in [6.45, 7) is -0.157. The summed E-state index contributed by atoms with van der Waals surface area (Å²) >= 11 is 0. The van der Waals surface area contributed by atoms with Gasteiger partial charge >= 0.3 is 0 Å². The second-order valence-electron chi connectivity index (χ2n) is 4.20. The van der Waals surface area contributed by atoms with E-state index in [1.54, 1.807) is 17.6 Å². The summed E-state index contributed by atoms with van der Waals surface area (Å²) in [7, 11) is 1.58. The summed E-state index contributed by atoms with van der Waals surface area (Å²) in [4.78, 5) is 4.38. The van der Waals surface area contributed by atoms with Crippen LogP contribution in [0.1, 0.15) is 5.69 Å². The Kier molecular flexibility index (Phi) is 3.26. The van der Waals surface area contributed by atoms with Crippen LogP contribution in [0.2, 0.25) is 0 Å². The molecule has 102 valence electrons. The Balaban J connectivity index is 2.06. The lowest BCUT2D eigenvalue weighted by Crippen LogP contribution is -1.95. The van der Waals surface area contributed by atoms with Gasteiger partial charge < -0.3 is 14.6 Å². The van der Waals surface area contributed by atoms with Crippen molar-refractivity contribution in [3.05, 3.63) is 54.4 Å². The molecule has 0 unspecified atom stereocenters. The van der Waals surface area contributed by atoms with Crippen LogP contribution in [0, 0.1) is 0 Å². The van der Waals surface area contributed by atoms with Gasteiger partial charge in [0.2, 0.25) is 5.88 Å². The van der Waals surface area contributed by atoms with Crippen LogP contribution >= 0.6 is 0 Å². The summed E-state index contributed by atoms with van der Waals surface area (Å²) in [5.74, 6) is 1.56. The molecular formula is C15H14N2O3. The minimum absolute atomic E-state index is 0.157. The minimum Gasteiger partial charge on any atom is -0.493 e. The van der Waals surface area contributed by atoms with Crippen LogP contribution in [0.5, 0.6) is 17.4 Å². The van der Waals surface area contributed by atoms with Gasteiger partial charge in [0, 0.05) is 6.20 Å². The molecule has 0 aliphatic heterocycles. The molecule has 20 heavy (non-hydrogen) atoms. The fraction of sp³-hybridized carbons (Fsp3) is 0.133. The van der Waals surface area contributed by atoms with Crippen LogP contribution in [-0.4, -0.2) is 21.6 Å². The maximum absolute atomic E-state index is 9.54. The second-order valence-corrected chi connectivity index (χ2v) is 4.20. The number of ether oxygens (including phenoxy) is 2. The molecule has 0 amide bonds. The number of para-hydroxylation sites is 2. The zero-order valence-corrected chi connectivity index (χ0v) is 11.0.